The first-order chi connectivity index (χ1) is 23.6. The molecule has 0 radical (unpaired) electrons. The van der Waals surface area contributed by atoms with Crippen LogP contribution in [0.1, 0.15) is 23.0 Å². The molecule has 0 spiro atoms. The minimum absolute atomic E-state index is 0.0275. The molecule has 49 heavy (non-hydrogen) atoms. The Morgan fingerprint density at radius 3 is 2.33 bits per heavy atom. The van der Waals surface area contributed by atoms with Gasteiger partial charge in [0.2, 0.25) is 5.91 Å². The molecule has 0 saturated carbocycles. The van der Waals surface area contributed by atoms with Crippen molar-refractivity contribution in [2.45, 2.75) is 17.8 Å². The quantitative estimate of drug-likeness (QED) is 0.118. The van der Waals surface area contributed by atoms with E-state index >= 15 is 0 Å². The molecule has 1 aliphatic heterocycles. The second kappa shape index (κ2) is 13.4. The van der Waals surface area contributed by atoms with E-state index in [0.29, 0.717) is 55.1 Å². The third kappa shape index (κ3) is 6.12. The second-order valence-electron chi connectivity index (χ2n) is 11.4. The fourth-order valence-corrected chi connectivity index (χ4v) is 7.22. The maximum atomic E-state index is 14.2. The van der Waals surface area contributed by atoms with Crippen LogP contribution in [0.5, 0.6) is 11.5 Å². The third-order valence-electron chi connectivity index (χ3n) is 8.46. The molecule has 12 heteroatoms. The van der Waals surface area contributed by atoms with Gasteiger partial charge in [-0.3, -0.25) is 14.2 Å². The van der Waals surface area contributed by atoms with E-state index in [9.17, 15) is 14.7 Å². The number of aromatic nitrogens is 2. The molecule has 1 aromatic heterocycles. The minimum atomic E-state index is -0.856. The molecule has 1 amide bonds. The van der Waals surface area contributed by atoms with Gasteiger partial charge in [0.25, 0.3) is 5.56 Å². The average Bonchev–Trinajstić information content (AvgIpc) is 3.10. The molecule has 1 saturated heterocycles. The summed E-state index contributed by atoms with van der Waals surface area (Å²) in [7, 11) is 1.51. The van der Waals surface area contributed by atoms with Crippen LogP contribution < -0.4 is 20.5 Å². The third-order valence-corrected chi connectivity index (χ3v) is 10.0. The highest BCUT2D eigenvalue weighted by Crippen LogP contribution is 2.45. The van der Waals surface area contributed by atoms with Gasteiger partial charge in [-0.25, -0.2) is 4.98 Å². The molecule has 2 N–H and O–H groups in total. The lowest BCUT2D eigenvalue weighted by molar-refractivity contribution is -0.123. The zero-order valence-corrected chi connectivity index (χ0v) is 29.6. The summed E-state index contributed by atoms with van der Waals surface area (Å²) < 4.78 is 7.53. The number of carbonyl (C=O) groups excluding carboxylic acids is 1. The number of para-hydroxylation sites is 2. The minimum Gasteiger partial charge on any atom is -0.507 e. The summed E-state index contributed by atoms with van der Waals surface area (Å²) >= 11 is 22.9. The average molecular weight is 777 g/mol. The number of amides is 1. The summed E-state index contributed by atoms with van der Waals surface area (Å²) in [5.41, 5.74) is 4.09. The first-order valence-electron chi connectivity index (χ1n) is 15.1. The number of nitrogens with zero attached hydrogens (tertiary/aromatic N) is 3. The summed E-state index contributed by atoms with van der Waals surface area (Å²) in [5.74, 6) is 0.652. The molecule has 5 aromatic carbocycles. The number of hydrogen-bond donors (Lipinski definition) is 2. The molecule has 2 atom stereocenters. The lowest BCUT2D eigenvalue weighted by Gasteiger charge is -2.44. The summed E-state index contributed by atoms with van der Waals surface area (Å²) in [6.07, 6.45) is 0.283. The number of β-lactam (4-membered cyclic amide) rings is 1. The van der Waals surface area contributed by atoms with Crippen molar-refractivity contribution in [2.24, 2.45) is 0 Å². The van der Waals surface area contributed by atoms with Crippen LogP contribution in [0, 0.1) is 0 Å². The van der Waals surface area contributed by atoms with Gasteiger partial charge in [-0.05, 0) is 78.4 Å². The molecule has 1 fully saturated rings. The van der Waals surface area contributed by atoms with E-state index in [1.165, 1.54) is 18.1 Å². The SMILES string of the molecule is COc1ccc(C2C(Cl)C(=O)N2c2ccc(-n3c(Cc4ccccc4Nc4c(Cl)cccc4Cl)nc4ccc(Br)cc4c3=O)cc2)c(O)c1. The molecule has 1 aliphatic rings. The van der Waals surface area contributed by atoms with Crippen molar-refractivity contribution in [3.8, 4) is 17.2 Å². The molecular formula is C37H26BrCl3N4O4. The summed E-state index contributed by atoms with van der Waals surface area (Å²) in [6, 6.07) is 29.7. The van der Waals surface area contributed by atoms with E-state index in [-0.39, 0.29) is 23.6 Å². The van der Waals surface area contributed by atoms with Crippen LogP contribution >= 0.6 is 50.7 Å². The Bertz CT molecular complexity index is 2300. The highest BCUT2D eigenvalue weighted by Gasteiger charge is 2.49. The predicted octanol–water partition coefficient (Wildman–Crippen LogP) is 9.20. The van der Waals surface area contributed by atoms with Crippen LogP contribution in [0.2, 0.25) is 10.0 Å². The number of benzene rings is 5. The number of ether oxygens (including phenoxy) is 1. The van der Waals surface area contributed by atoms with Gasteiger partial charge in [0, 0.05) is 33.9 Å². The molecule has 2 unspecified atom stereocenters. The van der Waals surface area contributed by atoms with Crippen LogP contribution in [0.4, 0.5) is 17.1 Å². The standard InChI is InChI=1S/C37H26BrCl3N4O4/c1-49-24-14-15-25(31(46)19-24)35-33(41)37(48)45(35)23-12-10-22(11-13-23)44-32(42-30-16-9-21(38)18-26(30)36(44)47)17-20-5-2-3-8-29(20)43-34-27(39)6-4-7-28(34)40/h2-16,18-19,33,35,43,46H,17H2,1H3. The molecule has 8 nitrogen and oxygen atoms in total. The predicted molar refractivity (Wildman–Crippen MR) is 199 cm³/mol. The van der Waals surface area contributed by atoms with Gasteiger partial charge in [-0.1, -0.05) is 63.4 Å². The smallest absolute Gasteiger partial charge is 0.266 e. The normalized spacial score (nSPS) is 15.7. The van der Waals surface area contributed by atoms with Gasteiger partial charge in [0.1, 0.15) is 22.7 Å². The van der Waals surface area contributed by atoms with Crippen LogP contribution in [0.25, 0.3) is 16.6 Å². The summed E-state index contributed by atoms with van der Waals surface area (Å²) in [4.78, 5) is 33.7. The van der Waals surface area contributed by atoms with Gasteiger partial charge < -0.3 is 20.1 Å². The number of methoxy groups -OCH3 is 1. The Morgan fingerprint density at radius 2 is 1.61 bits per heavy atom. The molecule has 0 bridgehead atoms. The summed E-state index contributed by atoms with van der Waals surface area (Å²) in [6.45, 7) is 0. The Labute approximate surface area is 304 Å². The lowest BCUT2D eigenvalue weighted by atomic mass is 9.91. The number of rotatable bonds is 8. The number of phenols is 1. The number of nitrogens with one attached hydrogen (secondary N) is 1. The van der Waals surface area contributed by atoms with Crippen molar-refractivity contribution in [1.82, 2.24) is 9.55 Å². The molecule has 0 aliphatic carbocycles. The Morgan fingerprint density at radius 1 is 0.898 bits per heavy atom. The van der Waals surface area contributed by atoms with Gasteiger partial charge in [0.15, 0.2) is 0 Å². The number of fused-ring (bicyclic) bond motifs is 1. The number of aromatic hydroxyl groups is 1. The second-order valence-corrected chi connectivity index (χ2v) is 13.6. The van der Waals surface area contributed by atoms with Gasteiger partial charge in [-0.2, -0.15) is 0 Å². The largest absolute Gasteiger partial charge is 0.507 e. The van der Waals surface area contributed by atoms with Crippen LogP contribution in [0.3, 0.4) is 0 Å². The lowest BCUT2D eigenvalue weighted by Crippen LogP contribution is -2.56. The number of phenolic OH excluding ortho intramolecular Hbond substituents is 1. The number of halogens is 4. The number of alkyl halides is 1. The van der Waals surface area contributed by atoms with E-state index in [0.717, 1.165) is 15.7 Å². The zero-order chi connectivity index (χ0) is 34.4. The van der Waals surface area contributed by atoms with Crippen LogP contribution in [-0.2, 0) is 11.2 Å². The van der Waals surface area contributed by atoms with Gasteiger partial charge in [0.05, 0.1) is 45.5 Å². The summed E-state index contributed by atoms with van der Waals surface area (Å²) in [5, 5.41) is 14.6. The zero-order valence-electron chi connectivity index (χ0n) is 25.7. The van der Waals surface area contributed by atoms with Gasteiger partial charge >= 0.3 is 0 Å². The maximum absolute atomic E-state index is 14.2. The highest BCUT2D eigenvalue weighted by atomic mass is 79.9. The first kappa shape index (κ1) is 33.0. The van der Waals surface area contributed by atoms with Crippen molar-refractivity contribution in [3.05, 3.63) is 145 Å². The van der Waals surface area contributed by atoms with E-state index < -0.39 is 11.4 Å². The number of hydrogen-bond acceptors (Lipinski definition) is 6. The Hall–Kier alpha value is -4.54. The molecule has 2 heterocycles. The van der Waals surface area contributed by atoms with E-state index in [1.807, 2.05) is 30.3 Å². The van der Waals surface area contributed by atoms with Crippen molar-refractivity contribution < 1.29 is 14.6 Å². The van der Waals surface area contributed by atoms with Gasteiger partial charge in [-0.15, -0.1) is 11.6 Å². The molecular weight excluding hydrogens is 751 g/mol. The molecule has 246 valence electrons. The topological polar surface area (TPSA) is 96.7 Å². The van der Waals surface area contributed by atoms with Crippen molar-refractivity contribution in [3.63, 3.8) is 0 Å². The number of carbonyl (C=O) groups is 1. The van der Waals surface area contributed by atoms with Crippen LogP contribution in [0.15, 0.2) is 112 Å². The van der Waals surface area contributed by atoms with E-state index in [1.54, 1.807) is 71.3 Å². The maximum Gasteiger partial charge on any atom is 0.266 e. The molecule has 6 aromatic rings. The molecule has 7 rings (SSSR count). The monoisotopic (exact) mass is 774 g/mol. The first-order valence-corrected chi connectivity index (χ1v) is 17.1. The fraction of sp³-hybridized carbons (Fsp3) is 0.108. The Balaban J connectivity index is 1.29. The van der Waals surface area contributed by atoms with E-state index in [4.69, 9.17) is 44.5 Å². The van der Waals surface area contributed by atoms with Crippen LogP contribution in [-0.4, -0.2) is 33.1 Å². The highest BCUT2D eigenvalue weighted by molar-refractivity contribution is 9.10. The number of anilines is 3. The van der Waals surface area contributed by atoms with E-state index in [2.05, 4.69) is 21.2 Å². The van der Waals surface area contributed by atoms with Crippen molar-refractivity contribution in [1.29, 1.82) is 0 Å². The van der Waals surface area contributed by atoms with Crippen molar-refractivity contribution >= 4 is 84.6 Å². The fourth-order valence-electron chi connectivity index (χ4n) is 6.01. The van der Waals surface area contributed by atoms with Crippen molar-refractivity contribution in [2.75, 3.05) is 17.3 Å². The Kier molecular flexibility index (Phi) is 9.02.